The maximum absolute atomic E-state index is 13.4. The molecule has 0 aliphatic carbocycles. The zero-order valence-corrected chi connectivity index (χ0v) is 13.6. The van der Waals surface area contributed by atoms with Gasteiger partial charge in [0.2, 0.25) is 10.0 Å². The lowest BCUT2D eigenvalue weighted by molar-refractivity contribution is 0.299. The Bertz CT molecular complexity index is 779. The van der Waals surface area contributed by atoms with Crippen LogP contribution in [0.4, 0.5) is 8.78 Å². The first-order valence-corrected chi connectivity index (χ1v) is 8.45. The molecule has 124 valence electrons. The van der Waals surface area contributed by atoms with Crippen molar-refractivity contribution in [2.75, 3.05) is 20.6 Å². The van der Waals surface area contributed by atoms with Crippen LogP contribution in [-0.2, 0) is 10.0 Å². The molecule has 0 radical (unpaired) electrons. The fourth-order valence-corrected chi connectivity index (χ4v) is 3.29. The molecule has 0 amide bonds. The number of likely N-dealkylation sites (N-methyl/N-ethyl adjacent to an activating group) is 1. The molecule has 1 unspecified atom stereocenters. The fraction of sp³-hybridized carbons (Fsp3) is 0.250. The number of benzene rings is 2. The van der Waals surface area contributed by atoms with E-state index in [0.29, 0.717) is 5.56 Å². The van der Waals surface area contributed by atoms with Crippen LogP contribution in [-0.4, -0.2) is 34.0 Å². The maximum atomic E-state index is 13.4. The van der Waals surface area contributed by atoms with Crippen molar-refractivity contribution in [3.05, 3.63) is 65.7 Å². The molecular weight excluding hydrogens is 322 g/mol. The van der Waals surface area contributed by atoms with E-state index in [0.717, 1.165) is 6.07 Å². The van der Waals surface area contributed by atoms with Gasteiger partial charge in [0.25, 0.3) is 0 Å². The van der Waals surface area contributed by atoms with Crippen LogP contribution in [0, 0.1) is 11.6 Å². The molecule has 2 aromatic carbocycles. The third-order valence-corrected chi connectivity index (χ3v) is 4.85. The number of hydrogen-bond acceptors (Lipinski definition) is 3. The lowest BCUT2D eigenvalue weighted by atomic mass is 10.1. The van der Waals surface area contributed by atoms with Crippen molar-refractivity contribution in [1.82, 2.24) is 9.62 Å². The largest absolute Gasteiger partial charge is 0.301 e. The van der Waals surface area contributed by atoms with Gasteiger partial charge in [-0.3, -0.25) is 0 Å². The molecule has 0 fully saturated rings. The van der Waals surface area contributed by atoms with E-state index in [-0.39, 0.29) is 23.3 Å². The lowest BCUT2D eigenvalue weighted by Crippen LogP contribution is -2.34. The SMILES string of the molecule is CN(C)C(CNS(=O)(=O)c1cccc(F)c1)c1cccc(F)c1. The number of hydrogen-bond donors (Lipinski definition) is 1. The molecule has 23 heavy (non-hydrogen) atoms. The van der Waals surface area contributed by atoms with Crippen molar-refractivity contribution in [3.8, 4) is 0 Å². The standard InChI is InChI=1S/C16H18F2N2O2S/c1-20(2)16(12-5-3-6-13(17)9-12)11-19-23(21,22)15-8-4-7-14(18)10-15/h3-10,16,19H,11H2,1-2H3. The molecule has 1 N–H and O–H groups in total. The highest BCUT2D eigenvalue weighted by atomic mass is 32.2. The van der Waals surface area contributed by atoms with Crippen molar-refractivity contribution >= 4 is 10.0 Å². The highest BCUT2D eigenvalue weighted by Crippen LogP contribution is 2.19. The third-order valence-electron chi connectivity index (χ3n) is 3.43. The smallest absolute Gasteiger partial charge is 0.240 e. The number of nitrogens with one attached hydrogen (secondary N) is 1. The van der Waals surface area contributed by atoms with E-state index >= 15 is 0 Å². The van der Waals surface area contributed by atoms with Gasteiger partial charge in [0.15, 0.2) is 0 Å². The summed E-state index contributed by atoms with van der Waals surface area (Å²) in [6.45, 7) is 0.0370. The van der Waals surface area contributed by atoms with E-state index in [1.807, 2.05) is 0 Å². The Morgan fingerprint density at radius 2 is 1.65 bits per heavy atom. The minimum absolute atomic E-state index is 0.0370. The highest BCUT2D eigenvalue weighted by Gasteiger charge is 2.20. The van der Waals surface area contributed by atoms with Crippen LogP contribution < -0.4 is 4.72 Å². The zero-order chi connectivity index (χ0) is 17.0. The van der Waals surface area contributed by atoms with E-state index in [4.69, 9.17) is 0 Å². The first-order valence-electron chi connectivity index (χ1n) is 6.97. The normalized spacial score (nSPS) is 13.3. The van der Waals surface area contributed by atoms with Crippen LogP contribution in [0.15, 0.2) is 53.4 Å². The second-order valence-electron chi connectivity index (χ2n) is 5.34. The van der Waals surface area contributed by atoms with Gasteiger partial charge in [-0.05, 0) is 50.0 Å². The van der Waals surface area contributed by atoms with Crippen molar-refractivity contribution in [2.24, 2.45) is 0 Å². The molecule has 2 aromatic rings. The van der Waals surface area contributed by atoms with Crippen LogP contribution in [0.25, 0.3) is 0 Å². The van der Waals surface area contributed by atoms with Gasteiger partial charge in [0, 0.05) is 12.6 Å². The summed E-state index contributed by atoms with van der Waals surface area (Å²) >= 11 is 0. The number of halogens is 2. The van der Waals surface area contributed by atoms with Gasteiger partial charge < -0.3 is 4.90 Å². The van der Waals surface area contributed by atoms with Crippen molar-refractivity contribution in [1.29, 1.82) is 0 Å². The Labute approximate surface area is 134 Å². The molecular formula is C16H18F2N2O2S. The summed E-state index contributed by atoms with van der Waals surface area (Å²) in [4.78, 5) is 1.64. The molecule has 0 aliphatic heterocycles. The van der Waals surface area contributed by atoms with Gasteiger partial charge >= 0.3 is 0 Å². The molecule has 1 atom stereocenters. The monoisotopic (exact) mass is 340 g/mol. The summed E-state index contributed by atoms with van der Waals surface area (Å²) in [5, 5.41) is 0. The Morgan fingerprint density at radius 3 is 2.22 bits per heavy atom. The topological polar surface area (TPSA) is 49.4 Å². The summed E-state index contributed by atoms with van der Waals surface area (Å²) in [6, 6.07) is 10.4. The summed E-state index contributed by atoms with van der Waals surface area (Å²) in [5.74, 6) is -1.01. The summed E-state index contributed by atoms with van der Waals surface area (Å²) in [6.07, 6.45) is 0. The predicted octanol–water partition coefficient (Wildman–Crippen LogP) is 2.55. The van der Waals surface area contributed by atoms with Crippen molar-refractivity contribution < 1.29 is 17.2 Å². The second-order valence-corrected chi connectivity index (χ2v) is 7.11. The quantitative estimate of drug-likeness (QED) is 0.879. The van der Waals surface area contributed by atoms with Gasteiger partial charge in [0.05, 0.1) is 4.90 Å². The van der Waals surface area contributed by atoms with Crippen LogP contribution in [0.3, 0.4) is 0 Å². The van der Waals surface area contributed by atoms with Crippen LogP contribution in [0.1, 0.15) is 11.6 Å². The summed E-state index contributed by atoms with van der Waals surface area (Å²) < 4.78 is 53.5. The Kier molecular flexibility index (Phi) is 5.46. The van der Waals surface area contributed by atoms with Gasteiger partial charge in [-0.1, -0.05) is 18.2 Å². The number of rotatable bonds is 6. The Hall–Kier alpha value is -1.83. The molecule has 4 nitrogen and oxygen atoms in total. The lowest BCUT2D eigenvalue weighted by Gasteiger charge is -2.25. The van der Waals surface area contributed by atoms with Gasteiger partial charge in [-0.2, -0.15) is 0 Å². The van der Waals surface area contributed by atoms with Crippen LogP contribution in [0.5, 0.6) is 0 Å². The summed E-state index contributed by atoms with van der Waals surface area (Å²) in [7, 11) is -0.300. The van der Waals surface area contributed by atoms with Crippen molar-refractivity contribution in [2.45, 2.75) is 10.9 Å². The predicted molar refractivity (Wildman–Crippen MR) is 84.4 cm³/mol. The molecule has 7 heteroatoms. The first-order chi connectivity index (χ1) is 10.8. The van der Waals surface area contributed by atoms with Gasteiger partial charge in [-0.25, -0.2) is 21.9 Å². The van der Waals surface area contributed by atoms with Gasteiger partial charge in [0.1, 0.15) is 11.6 Å². The van der Waals surface area contributed by atoms with E-state index in [2.05, 4.69) is 4.72 Å². The molecule has 0 heterocycles. The third kappa shape index (κ3) is 4.57. The zero-order valence-electron chi connectivity index (χ0n) is 12.8. The molecule has 2 rings (SSSR count). The maximum Gasteiger partial charge on any atom is 0.240 e. The molecule has 0 spiro atoms. The average molecular weight is 340 g/mol. The van der Waals surface area contributed by atoms with Crippen LogP contribution in [0.2, 0.25) is 0 Å². The van der Waals surface area contributed by atoms with E-state index in [9.17, 15) is 17.2 Å². The minimum Gasteiger partial charge on any atom is -0.301 e. The van der Waals surface area contributed by atoms with Crippen LogP contribution >= 0.6 is 0 Å². The van der Waals surface area contributed by atoms with E-state index in [1.165, 1.54) is 30.3 Å². The molecule has 0 bridgehead atoms. The Balaban J connectivity index is 2.19. The first kappa shape index (κ1) is 17.5. The number of nitrogens with zero attached hydrogens (tertiary/aromatic N) is 1. The van der Waals surface area contributed by atoms with Gasteiger partial charge in [-0.15, -0.1) is 0 Å². The minimum atomic E-state index is -3.84. The summed E-state index contributed by atoms with van der Waals surface area (Å²) in [5.41, 5.74) is 0.650. The molecule has 0 saturated carbocycles. The molecule has 0 aliphatic rings. The second kappa shape index (κ2) is 7.16. The molecule has 0 aromatic heterocycles. The van der Waals surface area contributed by atoms with E-state index in [1.54, 1.807) is 31.1 Å². The van der Waals surface area contributed by atoms with Crippen molar-refractivity contribution in [3.63, 3.8) is 0 Å². The molecule has 0 saturated heterocycles. The fourth-order valence-electron chi connectivity index (χ4n) is 2.22. The average Bonchev–Trinajstić information content (AvgIpc) is 2.47. The Morgan fingerprint density at radius 1 is 1.04 bits per heavy atom. The highest BCUT2D eigenvalue weighted by molar-refractivity contribution is 7.89. The van der Waals surface area contributed by atoms with E-state index < -0.39 is 15.8 Å². The number of sulfonamides is 1.